The number of thioether (sulfide) groups is 1. The molecule has 110 valence electrons. The lowest BCUT2D eigenvalue weighted by Gasteiger charge is -2.09. The van der Waals surface area contributed by atoms with E-state index in [1.807, 2.05) is 11.8 Å². The molecule has 0 atom stereocenters. The molecule has 0 nitrogen and oxygen atoms in total. The number of aryl methyl sites for hydroxylation is 3. The largest absolute Gasteiger partial charge is 0.183 e. The van der Waals surface area contributed by atoms with E-state index in [0.717, 1.165) is 0 Å². The highest BCUT2D eigenvalue weighted by atomic mass is 32.2. The van der Waals surface area contributed by atoms with Crippen molar-refractivity contribution in [3.05, 3.63) is 53.1 Å². The number of hydrogen-bond donors (Lipinski definition) is 1. The van der Waals surface area contributed by atoms with E-state index in [1.54, 1.807) is 6.26 Å². The molecule has 0 spiro atoms. The fourth-order valence-electron chi connectivity index (χ4n) is 2.64. The summed E-state index contributed by atoms with van der Waals surface area (Å²) in [5, 5.41) is 5.36. The van der Waals surface area contributed by atoms with Gasteiger partial charge >= 0.3 is 0 Å². The molecular weight excluding hydrogens is 292 g/mol. The van der Waals surface area contributed by atoms with Crippen LogP contribution in [0.1, 0.15) is 16.7 Å². The lowest BCUT2D eigenvalue weighted by atomic mass is 9.98. The molecule has 0 heterocycles. The molecule has 0 N–H and O–H groups in total. The molecule has 0 aromatic heterocycles. The van der Waals surface area contributed by atoms with Crippen molar-refractivity contribution in [3.8, 4) is 0 Å². The van der Waals surface area contributed by atoms with Gasteiger partial charge < -0.3 is 0 Å². The van der Waals surface area contributed by atoms with Crippen LogP contribution in [0.25, 0.3) is 21.5 Å². The third-order valence-electron chi connectivity index (χ3n) is 3.92. The van der Waals surface area contributed by atoms with Crippen LogP contribution < -0.4 is 0 Å². The molecule has 0 amide bonds. The Morgan fingerprint density at radius 1 is 0.619 bits per heavy atom. The van der Waals surface area contributed by atoms with E-state index in [9.17, 15) is 0 Å². The molecule has 0 saturated carbocycles. The molecule has 0 aliphatic heterocycles. The van der Waals surface area contributed by atoms with Crippen molar-refractivity contribution in [1.29, 1.82) is 0 Å². The average Bonchev–Trinajstić information content (AvgIpc) is 2.48. The van der Waals surface area contributed by atoms with Crippen LogP contribution >= 0.6 is 24.4 Å². The van der Waals surface area contributed by atoms with Gasteiger partial charge in [0, 0.05) is 4.90 Å². The summed E-state index contributed by atoms with van der Waals surface area (Å²) < 4.78 is 0. The molecule has 3 rings (SSSR count). The fraction of sp³-hybridized carbons (Fsp3) is 0.263. The Balaban J connectivity index is 0.000000774. The minimum absolute atomic E-state index is 1.34. The van der Waals surface area contributed by atoms with Gasteiger partial charge in [-0.15, -0.1) is 11.8 Å². The Morgan fingerprint density at radius 3 is 1.43 bits per heavy atom. The number of thiol groups is 1. The van der Waals surface area contributed by atoms with Crippen LogP contribution in [0.3, 0.4) is 0 Å². The minimum atomic E-state index is 1.34. The van der Waals surface area contributed by atoms with Gasteiger partial charge in [-0.05, 0) is 89.7 Å². The number of fused-ring (bicyclic) bond motifs is 2. The monoisotopic (exact) mass is 314 g/mol. The van der Waals surface area contributed by atoms with E-state index in [4.69, 9.17) is 0 Å². The third kappa shape index (κ3) is 3.22. The summed E-state index contributed by atoms with van der Waals surface area (Å²) in [5.74, 6) is 0. The molecule has 21 heavy (non-hydrogen) atoms. The highest BCUT2D eigenvalue weighted by Gasteiger charge is 2.04. The lowest BCUT2D eigenvalue weighted by molar-refractivity contribution is 1.33. The Morgan fingerprint density at radius 2 is 1.00 bits per heavy atom. The van der Waals surface area contributed by atoms with Crippen molar-refractivity contribution in [2.24, 2.45) is 0 Å². The van der Waals surface area contributed by atoms with Crippen LogP contribution in [0, 0.1) is 20.8 Å². The number of benzene rings is 3. The van der Waals surface area contributed by atoms with Crippen LogP contribution in [0.2, 0.25) is 0 Å². The van der Waals surface area contributed by atoms with Gasteiger partial charge in [0.25, 0.3) is 0 Å². The molecule has 3 aromatic rings. The van der Waals surface area contributed by atoms with Crippen LogP contribution in [0.15, 0.2) is 41.3 Å². The summed E-state index contributed by atoms with van der Waals surface area (Å²) in [5.41, 5.74) is 4.09. The second-order valence-corrected chi connectivity index (χ2v) is 6.15. The van der Waals surface area contributed by atoms with E-state index in [1.165, 1.54) is 43.1 Å². The SMILES string of the molecule is CS.CSc1cc2cc3cc(C)c(C)cc3cc2cc1C. The molecule has 2 heteroatoms. The van der Waals surface area contributed by atoms with Crippen molar-refractivity contribution in [3.63, 3.8) is 0 Å². The quantitative estimate of drug-likeness (QED) is 0.317. The van der Waals surface area contributed by atoms with E-state index in [2.05, 4.69) is 76.1 Å². The third-order valence-corrected chi connectivity index (χ3v) is 4.80. The maximum absolute atomic E-state index is 3.53. The van der Waals surface area contributed by atoms with Crippen LogP contribution in [0.4, 0.5) is 0 Å². The second kappa shape index (κ2) is 6.76. The first kappa shape index (κ1) is 16.3. The van der Waals surface area contributed by atoms with Gasteiger partial charge in [-0.3, -0.25) is 0 Å². The van der Waals surface area contributed by atoms with E-state index in [-0.39, 0.29) is 0 Å². The Labute approximate surface area is 137 Å². The molecule has 0 aliphatic carbocycles. The lowest BCUT2D eigenvalue weighted by Crippen LogP contribution is -1.85. The summed E-state index contributed by atoms with van der Waals surface area (Å²) in [4.78, 5) is 1.37. The molecule has 0 saturated heterocycles. The normalized spacial score (nSPS) is 10.6. The van der Waals surface area contributed by atoms with Crippen molar-refractivity contribution >= 4 is 45.9 Å². The van der Waals surface area contributed by atoms with Crippen LogP contribution in [-0.2, 0) is 0 Å². The maximum Gasteiger partial charge on any atom is 0.0105 e. The van der Waals surface area contributed by atoms with Gasteiger partial charge in [0.2, 0.25) is 0 Å². The topological polar surface area (TPSA) is 0 Å². The van der Waals surface area contributed by atoms with Crippen molar-refractivity contribution in [1.82, 2.24) is 0 Å². The first-order chi connectivity index (χ1) is 10.1. The molecule has 3 aromatic carbocycles. The predicted octanol–water partition coefficient (Wildman–Crippen LogP) is 6.19. The average molecular weight is 315 g/mol. The van der Waals surface area contributed by atoms with E-state index >= 15 is 0 Å². The Kier molecular flexibility index (Phi) is 5.23. The zero-order valence-corrected chi connectivity index (χ0v) is 15.0. The van der Waals surface area contributed by atoms with Crippen LogP contribution in [0.5, 0.6) is 0 Å². The smallest absolute Gasteiger partial charge is 0.0105 e. The van der Waals surface area contributed by atoms with Gasteiger partial charge in [0.15, 0.2) is 0 Å². The minimum Gasteiger partial charge on any atom is -0.183 e. The van der Waals surface area contributed by atoms with Crippen LogP contribution in [-0.4, -0.2) is 12.5 Å². The number of rotatable bonds is 1. The highest BCUT2D eigenvalue weighted by Crippen LogP contribution is 2.30. The summed E-state index contributed by atoms with van der Waals surface area (Å²) in [7, 11) is 0. The molecule has 0 aliphatic rings. The molecule has 0 unspecified atom stereocenters. The van der Waals surface area contributed by atoms with Gasteiger partial charge in [0.1, 0.15) is 0 Å². The summed E-state index contributed by atoms with van der Waals surface area (Å²) in [6, 6.07) is 13.8. The predicted molar refractivity (Wildman–Crippen MR) is 102 cm³/mol. The zero-order chi connectivity index (χ0) is 15.6. The summed E-state index contributed by atoms with van der Waals surface area (Å²) >= 11 is 5.35. The fourth-order valence-corrected chi connectivity index (χ4v) is 3.27. The van der Waals surface area contributed by atoms with Crippen molar-refractivity contribution < 1.29 is 0 Å². The Bertz CT molecular complexity index is 789. The molecule has 0 radical (unpaired) electrons. The van der Waals surface area contributed by atoms with E-state index in [0.29, 0.717) is 0 Å². The van der Waals surface area contributed by atoms with Gasteiger partial charge in [-0.1, -0.05) is 18.2 Å². The maximum atomic E-state index is 3.53. The van der Waals surface area contributed by atoms with Crippen molar-refractivity contribution in [2.75, 3.05) is 12.5 Å². The molecule has 0 bridgehead atoms. The molecular formula is C19H22S2. The first-order valence-electron chi connectivity index (χ1n) is 7.02. The van der Waals surface area contributed by atoms with Crippen molar-refractivity contribution in [2.45, 2.75) is 25.7 Å². The highest BCUT2D eigenvalue weighted by molar-refractivity contribution is 7.98. The first-order valence-corrected chi connectivity index (χ1v) is 9.14. The van der Waals surface area contributed by atoms with E-state index < -0.39 is 0 Å². The summed E-state index contributed by atoms with van der Waals surface area (Å²) in [6.45, 7) is 6.55. The molecule has 0 fully saturated rings. The summed E-state index contributed by atoms with van der Waals surface area (Å²) in [6.07, 6.45) is 3.84. The van der Waals surface area contributed by atoms with Gasteiger partial charge in [0.05, 0.1) is 0 Å². The zero-order valence-electron chi connectivity index (χ0n) is 13.3. The van der Waals surface area contributed by atoms with Gasteiger partial charge in [-0.25, -0.2) is 0 Å². The number of hydrogen-bond acceptors (Lipinski definition) is 2. The van der Waals surface area contributed by atoms with Gasteiger partial charge in [-0.2, -0.15) is 12.6 Å². The Hall–Kier alpha value is -1.12. The second-order valence-electron chi connectivity index (χ2n) is 5.30. The standard InChI is InChI=1S/C18H18S.CH4S/c1-11-5-14-8-16-7-13(3)18(19-4)10-17(16)9-15(14)6-12(11)2;1-2/h5-10H,1-4H3;2H,1H3.